The van der Waals surface area contributed by atoms with Gasteiger partial charge in [0.2, 0.25) is 5.91 Å². The Labute approximate surface area is 280 Å². The fourth-order valence-electron chi connectivity index (χ4n) is 4.60. The Morgan fingerprint density at radius 2 is 1.31 bits per heavy atom. The van der Waals surface area contributed by atoms with E-state index in [0.29, 0.717) is 21.7 Å². The highest BCUT2D eigenvalue weighted by molar-refractivity contribution is 8.00. The van der Waals surface area contributed by atoms with Crippen molar-refractivity contribution < 1.29 is 27.6 Å². The Kier molecular flexibility index (Phi) is 10.8. The lowest BCUT2D eigenvalue weighted by molar-refractivity contribution is -0.137. The first-order chi connectivity index (χ1) is 23.0. The van der Waals surface area contributed by atoms with Gasteiger partial charge < -0.3 is 16.0 Å². The molecular weight excluding hydrogens is 635 g/mol. The summed E-state index contributed by atoms with van der Waals surface area (Å²) in [4.78, 5) is 39.8. The lowest BCUT2D eigenvalue weighted by atomic mass is 10.0. The predicted molar refractivity (Wildman–Crippen MR) is 184 cm³/mol. The van der Waals surface area contributed by atoms with E-state index in [1.165, 1.54) is 23.9 Å². The SMILES string of the molecule is CC(Sc1ccc(NC(=O)/C(=C/c2ccc(-c3ccccc3)cc2)NC(=O)c2ccccc2)cc1)C(=O)Nc1cccc(C(F)(F)F)c1. The molecule has 5 aromatic carbocycles. The molecule has 0 saturated heterocycles. The van der Waals surface area contributed by atoms with Crippen LogP contribution in [0.3, 0.4) is 0 Å². The van der Waals surface area contributed by atoms with Crippen molar-refractivity contribution in [3.8, 4) is 11.1 Å². The van der Waals surface area contributed by atoms with Crippen LogP contribution in [-0.2, 0) is 15.8 Å². The number of carbonyl (C=O) groups is 3. The van der Waals surface area contributed by atoms with Crippen molar-refractivity contribution in [3.63, 3.8) is 0 Å². The van der Waals surface area contributed by atoms with Crippen molar-refractivity contribution in [1.29, 1.82) is 0 Å². The average molecular weight is 666 g/mol. The van der Waals surface area contributed by atoms with Gasteiger partial charge in [0.15, 0.2) is 0 Å². The molecule has 5 aromatic rings. The lowest BCUT2D eigenvalue weighted by Crippen LogP contribution is -2.30. The highest BCUT2D eigenvalue weighted by Crippen LogP contribution is 2.31. The molecular formula is C38H30F3N3O3S. The van der Waals surface area contributed by atoms with Crippen molar-refractivity contribution in [3.05, 3.63) is 156 Å². The highest BCUT2D eigenvalue weighted by Gasteiger charge is 2.30. The molecule has 48 heavy (non-hydrogen) atoms. The molecule has 0 aliphatic rings. The van der Waals surface area contributed by atoms with E-state index >= 15 is 0 Å². The molecule has 0 spiro atoms. The molecule has 0 radical (unpaired) electrons. The number of anilines is 2. The first kappa shape index (κ1) is 33.7. The van der Waals surface area contributed by atoms with Gasteiger partial charge in [0, 0.05) is 21.8 Å². The quantitative estimate of drug-likeness (QED) is 0.103. The van der Waals surface area contributed by atoms with Crippen LogP contribution in [0.25, 0.3) is 17.2 Å². The van der Waals surface area contributed by atoms with Crippen LogP contribution in [0.5, 0.6) is 0 Å². The monoisotopic (exact) mass is 665 g/mol. The molecule has 0 aromatic heterocycles. The minimum atomic E-state index is -4.52. The van der Waals surface area contributed by atoms with E-state index in [0.717, 1.165) is 23.3 Å². The van der Waals surface area contributed by atoms with Crippen molar-refractivity contribution in [2.24, 2.45) is 0 Å². The summed E-state index contributed by atoms with van der Waals surface area (Å²) in [5, 5.41) is 7.43. The van der Waals surface area contributed by atoms with Crippen LogP contribution in [0.4, 0.5) is 24.5 Å². The second-order valence-electron chi connectivity index (χ2n) is 10.7. The van der Waals surface area contributed by atoms with Gasteiger partial charge in [-0.1, -0.05) is 78.9 Å². The smallest absolute Gasteiger partial charge is 0.325 e. The summed E-state index contributed by atoms with van der Waals surface area (Å²) in [5.41, 5.74) is 2.84. The third-order valence-electron chi connectivity index (χ3n) is 7.11. The molecule has 5 rings (SSSR count). The number of rotatable bonds is 10. The van der Waals surface area contributed by atoms with E-state index < -0.39 is 34.7 Å². The lowest BCUT2D eigenvalue weighted by Gasteiger charge is -2.14. The van der Waals surface area contributed by atoms with Gasteiger partial charge in [-0.25, -0.2) is 0 Å². The van der Waals surface area contributed by atoms with Gasteiger partial charge in [0.05, 0.1) is 10.8 Å². The van der Waals surface area contributed by atoms with Crippen LogP contribution in [0, 0.1) is 0 Å². The molecule has 0 fully saturated rings. The molecule has 242 valence electrons. The summed E-state index contributed by atoms with van der Waals surface area (Å²) in [7, 11) is 0. The first-order valence-corrected chi connectivity index (χ1v) is 15.7. The molecule has 0 aliphatic heterocycles. The third-order valence-corrected chi connectivity index (χ3v) is 8.22. The van der Waals surface area contributed by atoms with Crippen LogP contribution in [0.15, 0.2) is 144 Å². The number of halogens is 3. The van der Waals surface area contributed by atoms with Crippen LogP contribution in [0.2, 0.25) is 0 Å². The van der Waals surface area contributed by atoms with Crippen LogP contribution >= 0.6 is 11.8 Å². The summed E-state index contributed by atoms with van der Waals surface area (Å²) in [6.45, 7) is 1.64. The van der Waals surface area contributed by atoms with Gasteiger partial charge in [-0.05, 0) is 84.3 Å². The van der Waals surface area contributed by atoms with Gasteiger partial charge in [-0.3, -0.25) is 14.4 Å². The molecule has 10 heteroatoms. The largest absolute Gasteiger partial charge is 0.416 e. The van der Waals surface area contributed by atoms with Crippen molar-refractivity contribution in [2.45, 2.75) is 23.2 Å². The topological polar surface area (TPSA) is 87.3 Å². The van der Waals surface area contributed by atoms with E-state index in [2.05, 4.69) is 16.0 Å². The number of benzene rings is 5. The molecule has 3 N–H and O–H groups in total. The number of carbonyl (C=O) groups excluding carboxylic acids is 3. The summed E-state index contributed by atoms with van der Waals surface area (Å²) in [6, 6.07) is 37.2. The molecule has 1 unspecified atom stereocenters. The Hall–Kier alpha value is -5.61. The van der Waals surface area contributed by atoms with Gasteiger partial charge in [-0.2, -0.15) is 13.2 Å². The fraction of sp³-hybridized carbons (Fsp3) is 0.0789. The maximum atomic E-state index is 13.5. The number of amides is 3. The van der Waals surface area contributed by atoms with Gasteiger partial charge in [0.1, 0.15) is 5.70 Å². The number of alkyl halides is 3. The van der Waals surface area contributed by atoms with E-state index in [4.69, 9.17) is 0 Å². The number of thioether (sulfide) groups is 1. The molecule has 0 bridgehead atoms. The van der Waals surface area contributed by atoms with Gasteiger partial charge in [0.25, 0.3) is 11.8 Å². The maximum Gasteiger partial charge on any atom is 0.416 e. The Morgan fingerprint density at radius 1 is 0.688 bits per heavy atom. The first-order valence-electron chi connectivity index (χ1n) is 14.8. The normalized spacial score (nSPS) is 12.1. The van der Waals surface area contributed by atoms with Gasteiger partial charge in [-0.15, -0.1) is 11.8 Å². The van der Waals surface area contributed by atoms with Crippen molar-refractivity contribution in [1.82, 2.24) is 5.32 Å². The molecule has 6 nitrogen and oxygen atoms in total. The zero-order valence-electron chi connectivity index (χ0n) is 25.6. The van der Waals surface area contributed by atoms with Gasteiger partial charge >= 0.3 is 6.18 Å². The molecule has 0 aliphatic carbocycles. The molecule has 1 atom stereocenters. The van der Waals surface area contributed by atoms with E-state index in [9.17, 15) is 27.6 Å². The zero-order chi connectivity index (χ0) is 34.1. The Bertz CT molecular complexity index is 1910. The Balaban J connectivity index is 1.26. The minimum absolute atomic E-state index is 0.0367. The average Bonchev–Trinajstić information content (AvgIpc) is 3.09. The zero-order valence-corrected chi connectivity index (χ0v) is 26.4. The summed E-state index contributed by atoms with van der Waals surface area (Å²) >= 11 is 1.21. The van der Waals surface area contributed by atoms with Crippen LogP contribution in [-0.4, -0.2) is 23.0 Å². The second kappa shape index (κ2) is 15.3. The van der Waals surface area contributed by atoms with Crippen LogP contribution in [0.1, 0.15) is 28.4 Å². The Morgan fingerprint density at radius 3 is 1.96 bits per heavy atom. The standard InChI is InChI=1S/C38H30F3N3O3S/c1-25(35(45)43-32-14-8-13-30(24-32)38(39,40)41)48-33-21-19-31(20-22-33)42-37(47)34(44-36(46)29-11-6-3-7-12-29)23-26-15-17-28(18-16-26)27-9-4-2-5-10-27/h2-25H,1H3,(H,42,47)(H,43,45)(H,44,46)/b34-23-. The minimum Gasteiger partial charge on any atom is -0.325 e. The predicted octanol–water partition coefficient (Wildman–Crippen LogP) is 8.90. The van der Waals surface area contributed by atoms with E-state index in [1.807, 2.05) is 54.6 Å². The van der Waals surface area contributed by atoms with E-state index in [1.54, 1.807) is 67.6 Å². The number of hydrogen-bond donors (Lipinski definition) is 3. The summed E-state index contributed by atoms with van der Waals surface area (Å²) in [6.07, 6.45) is -2.92. The summed E-state index contributed by atoms with van der Waals surface area (Å²) < 4.78 is 39.1. The van der Waals surface area contributed by atoms with E-state index in [-0.39, 0.29) is 11.4 Å². The second-order valence-corrected chi connectivity index (χ2v) is 12.1. The third kappa shape index (κ3) is 9.23. The highest BCUT2D eigenvalue weighted by atomic mass is 32.2. The number of hydrogen-bond acceptors (Lipinski definition) is 4. The molecule has 3 amide bonds. The van der Waals surface area contributed by atoms with Crippen molar-refractivity contribution in [2.75, 3.05) is 10.6 Å². The van der Waals surface area contributed by atoms with Crippen LogP contribution < -0.4 is 16.0 Å². The summed E-state index contributed by atoms with van der Waals surface area (Å²) in [5.74, 6) is -1.44. The maximum absolute atomic E-state index is 13.5. The molecule has 0 saturated carbocycles. The molecule has 0 heterocycles. The van der Waals surface area contributed by atoms with Crippen molar-refractivity contribution >= 4 is 46.9 Å². The fourth-order valence-corrected chi connectivity index (χ4v) is 5.47. The number of nitrogens with one attached hydrogen (secondary N) is 3.